The molecule has 0 aliphatic carbocycles. The topological polar surface area (TPSA) is 43.9 Å². The van der Waals surface area contributed by atoms with Gasteiger partial charge in [0.15, 0.2) is 5.78 Å². The molecule has 2 saturated heterocycles. The summed E-state index contributed by atoms with van der Waals surface area (Å²) in [7, 11) is 1.94. The molecule has 2 fully saturated rings. The maximum atomic E-state index is 14.0. The Morgan fingerprint density at radius 3 is 2.16 bits per heavy atom. The van der Waals surface area contributed by atoms with Crippen molar-refractivity contribution in [2.75, 3.05) is 39.8 Å². The Morgan fingerprint density at radius 1 is 0.884 bits per heavy atom. The number of amides is 1. The minimum absolute atomic E-state index is 0. The highest BCUT2D eigenvalue weighted by Crippen LogP contribution is 2.39. The number of hydrogen-bond donors (Lipinski definition) is 0. The molecule has 5 nitrogen and oxygen atoms in total. The van der Waals surface area contributed by atoms with Crippen molar-refractivity contribution in [3.8, 4) is 0 Å². The van der Waals surface area contributed by atoms with E-state index >= 15 is 0 Å². The van der Waals surface area contributed by atoms with Crippen molar-refractivity contribution >= 4 is 47.3 Å². The molecule has 2 aliphatic heterocycles. The molecule has 0 N–H and O–H groups in total. The summed E-state index contributed by atoms with van der Waals surface area (Å²) in [5, 5.41) is 1.07. The quantitative estimate of drug-likeness (QED) is 0.224. The van der Waals surface area contributed by atoms with E-state index in [-0.39, 0.29) is 41.6 Å². The summed E-state index contributed by atoms with van der Waals surface area (Å²) >= 11 is 12.7. The van der Waals surface area contributed by atoms with E-state index in [2.05, 4.69) is 34.1 Å². The molecule has 0 saturated carbocycles. The van der Waals surface area contributed by atoms with Gasteiger partial charge in [-0.15, -0.1) is 12.4 Å². The summed E-state index contributed by atoms with van der Waals surface area (Å²) in [4.78, 5) is 33.3. The van der Waals surface area contributed by atoms with Gasteiger partial charge in [0.05, 0.1) is 21.6 Å². The Kier molecular flexibility index (Phi) is 11.7. The van der Waals surface area contributed by atoms with Crippen LogP contribution in [0.1, 0.15) is 66.4 Å². The molecule has 0 spiro atoms. The molecule has 0 bridgehead atoms. The zero-order chi connectivity index (χ0) is 29.7. The molecule has 3 aromatic carbocycles. The van der Waals surface area contributed by atoms with E-state index in [1.54, 1.807) is 6.92 Å². The molecule has 3 aromatic rings. The lowest BCUT2D eigenvalue weighted by Gasteiger charge is -2.48. The maximum absolute atomic E-state index is 14.0. The molecule has 2 atom stereocenters. The van der Waals surface area contributed by atoms with Crippen molar-refractivity contribution in [1.29, 1.82) is 0 Å². The molecular formula is C35H42Cl3N3O2. The van der Waals surface area contributed by atoms with Crippen molar-refractivity contribution in [3.63, 3.8) is 0 Å². The Bertz CT molecular complexity index is 1360. The van der Waals surface area contributed by atoms with E-state index in [1.807, 2.05) is 66.5 Å². The molecule has 1 amide bonds. The van der Waals surface area contributed by atoms with Crippen LogP contribution in [0.2, 0.25) is 10.0 Å². The molecule has 8 heteroatoms. The summed E-state index contributed by atoms with van der Waals surface area (Å²) in [6, 6.07) is 25.7. The number of benzene rings is 3. The zero-order valence-corrected chi connectivity index (χ0v) is 27.4. The number of likely N-dealkylation sites (tertiary alicyclic amines) is 2. The van der Waals surface area contributed by atoms with Crippen LogP contribution in [-0.4, -0.2) is 72.2 Å². The van der Waals surface area contributed by atoms with Gasteiger partial charge in [0.25, 0.3) is 0 Å². The van der Waals surface area contributed by atoms with Crippen LogP contribution in [0.15, 0.2) is 78.9 Å². The molecule has 2 unspecified atom stereocenters. The fourth-order valence-electron chi connectivity index (χ4n) is 7.04. The summed E-state index contributed by atoms with van der Waals surface area (Å²) in [6.45, 7) is 6.26. The van der Waals surface area contributed by atoms with E-state index in [1.165, 1.54) is 5.56 Å². The summed E-state index contributed by atoms with van der Waals surface area (Å²) in [6.07, 6.45) is 4.77. The smallest absolute Gasteiger partial charge is 0.219 e. The number of halogens is 3. The van der Waals surface area contributed by atoms with Crippen LogP contribution in [0.5, 0.6) is 0 Å². The highest BCUT2D eigenvalue weighted by atomic mass is 35.5. The van der Waals surface area contributed by atoms with Gasteiger partial charge in [-0.3, -0.25) is 14.5 Å². The lowest BCUT2D eigenvalue weighted by Crippen LogP contribution is -2.53. The molecule has 2 aliphatic rings. The molecule has 0 aromatic heterocycles. The molecular weight excluding hydrogens is 601 g/mol. The Hall–Kier alpha value is -2.41. The third kappa shape index (κ3) is 7.46. The first-order valence-electron chi connectivity index (χ1n) is 15.1. The SMILES string of the molecule is CC(=O)N(C)C1(c2ccccc2)CCN(CCCN2CCCC(c3ccc(Cl)c(Cl)c3)C2C(=O)c2ccccc2)CC1.Cl. The fraction of sp³-hybridized carbons (Fsp3) is 0.429. The van der Waals surface area contributed by atoms with Crippen LogP contribution < -0.4 is 0 Å². The van der Waals surface area contributed by atoms with Crippen LogP contribution >= 0.6 is 35.6 Å². The number of piperidine rings is 2. The van der Waals surface area contributed by atoms with Gasteiger partial charge < -0.3 is 9.80 Å². The molecule has 230 valence electrons. The summed E-state index contributed by atoms with van der Waals surface area (Å²) in [5.41, 5.74) is 2.77. The van der Waals surface area contributed by atoms with Gasteiger partial charge in [-0.2, -0.15) is 0 Å². The minimum atomic E-state index is -0.267. The first-order valence-corrected chi connectivity index (χ1v) is 15.9. The third-order valence-corrected chi connectivity index (χ3v) is 10.2. The van der Waals surface area contributed by atoms with Crippen molar-refractivity contribution in [2.24, 2.45) is 0 Å². The first-order chi connectivity index (χ1) is 20.3. The number of hydrogen-bond acceptors (Lipinski definition) is 4. The lowest BCUT2D eigenvalue weighted by atomic mass is 9.79. The van der Waals surface area contributed by atoms with Gasteiger partial charge in [0, 0.05) is 45.1 Å². The molecule has 5 rings (SSSR count). The highest BCUT2D eigenvalue weighted by Gasteiger charge is 2.41. The van der Waals surface area contributed by atoms with E-state index in [0.29, 0.717) is 10.0 Å². The summed E-state index contributed by atoms with van der Waals surface area (Å²) < 4.78 is 0. The van der Waals surface area contributed by atoms with E-state index in [9.17, 15) is 9.59 Å². The predicted octanol–water partition coefficient (Wildman–Crippen LogP) is 7.71. The first kappa shape index (κ1) is 33.5. The van der Waals surface area contributed by atoms with Crippen LogP contribution in [0.4, 0.5) is 0 Å². The van der Waals surface area contributed by atoms with Crippen LogP contribution in [0.3, 0.4) is 0 Å². The molecule has 2 heterocycles. The highest BCUT2D eigenvalue weighted by molar-refractivity contribution is 6.42. The Balaban J connectivity index is 0.00000423. The number of ketones is 1. The third-order valence-electron chi connectivity index (χ3n) is 9.46. The largest absolute Gasteiger partial charge is 0.336 e. The van der Waals surface area contributed by atoms with Gasteiger partial charge in [-0.05, 0) is 68.5 Å². The standard InChI is InChI=1S/C35H41Cl2N3O2.ClH/c1-26(41)38(2)35(29-13-7-4-8-14-29)18-23-39(24-19-35)20-10-22-40-21-9-15-30(28-16-17-31(36)32(37)25-28)33(40)34(42)27-11-5-3-6-12-27;/h3-8,11-14,16-17,25,30,33H,9-10,15,18-24H2,1-2H3;1H. The lowest BCUT2D eigenvalue weighted by molar-refractivity contribution is -0.136. The fourth-order valence-corrected chi connectivity index (χ4v) is 7.35. The Morgan fingerprint density at radius 2 is 1.53 bits per heavy atom. The van der Waals surface area contributed by atoms with Gasteiger partial charge in [-0.1, -0.05) is 89.9 Å². The van der Waals surface area contributed by atoms with Crippen LogP contribution in [0.25, 0.3) is 0 Å². The second-order valence-corrected chi connectivity index (χ2v) is 12.6. The van der Waals surface area contributed by atoms with Crippen molar-refractivity contribution in [2.45, 2.75) is 56.5 Å². The maximum Gasteiger partial charge on any atom is 0.219 e. The monoisotopic (exact) mass is 641 g/mol. The second kappa shape index (κ2) is 15.0. The molecule has 0 radical (unpaired) electrons. The summed E-state index contributed by atoms with van der Waals surface area (Å²) in [5.74, 6) is 0.331. The normalized spacial score (nSPS) is 20.7. The Labute approximate surface area is 272 Å². The number of carbonyl (C=O) groups excluding carboxylic acids is 2. The molecule has 43 heavy (non-hydrogen) atoms. The average molecular weight is 643 g/mol. The number of carbonyl (C=O) groups is 2. The van der Waals surface area contributed by atoms with Crippen LogP contribution in [-0.2, 0) is 10.3 Å². The number of Topliss-reactive ketones (excluding diaryl/α,β-unsaturated/α-hetero) is 1. The average Bonchev–Trinajstić information content (AvgIpc) is 3.03. The second-order valence-electron chi connectivity index (χ2n) is 11.8. The van der Waals surface area contributed by atoms with Gasteiger partial charge >= 0.3 is 0 Å². The van der Waals surface area contributed by atoms with E-state index in [0.717, 1.165) is 76.0 Å². The minimum Gasteiger partial charge on any atom is -0.336 e. The van der Waals surface area contributed by atoms with E-state index in [4.69, 9.17) is 23.2 Å². The number of rotatable bonds is 9. The van der Waals surface area contributed by atoms with Crippen molar-refractivity contribution in [1.82, 2.24) is 14.7 Å². The predicted molar refractivity (Wildman–Crippen MR) is 179 cm³/mol. The van der Waals surface area contributed by atoms with Gasteiger partial charge in [0.2, 0.25) is 5.91 Å². The number of nitrogens with zero attached hydrogens (tertiary/aromatic N) is 3. The zero-order valence-electron chi connectivity index (χ0n) is 25.1. The van der Waals surface area contributed by atoms with E-state index < -0.39 is 0 Å². The van der Waals surface area contributed by atoms with Gasteiger partial charge in [0.1, 0.15) is 0 Å². The van der Waals surface area contributed by atoms with Crippen LogP contribution in [0, 0.1) is 0 Å². The van der Waals surface area contributed by atoms with Gasteiger partial charge in [-0.25, -0.2) is 0 Å². The van der Waals surface area contributed by atoms with Crippen molar-refractivity contribution in [3.05, 3.63) is 106 Å². The van der Waals surface area contributed by atoms with Crippen molar-refractivity contribution < 1.29 is 9.59 Å².